The molecule has 0 amide bonds. The van der Waals surface area contributed by atoms with Crippen molar-refractivity contribution in [3.63, 3.8) is 0 Å². The van der Waals surface area contributed by atoms with E-state index in [2.05, 4.69) is 88.0 Å². The van der Waals surface area contributed by atoms with E-state index in [9.17, 15) is 5.11 Å². The van der Waals surface area contributed by atoms with Crippen LogP contribution in [0.4, 0.5) is 0 Å². The average Bonchev–Trinajstić information content (AvgIpc) is 2.83. The number of aliphatic hydroxyl groups excluding tert-OH is 1. The highest BCUT2D eigenvalue weighted by atomic mass is 35.5. The van der Waals surface area contributed by atoms with Crippen LogP contribution in [0.1, 0.15) is 65.7 Å². The molecule has 0 saturated carbocycles. The summed E-state index contributed by atoms with van der Waals surface area (Å²) in [5, 5.41) is 12.0. The Morgan fingerprint density at radius 2 is 1.38 bits per heavy atom. The van der Waals surface area contributed by atoms with E-state index in [-0.39, 0.29) is 10.4 Å². The molecule has 3 atom stereocenters. The normalized spacial score (nSPS) is 15.0. The van der Waals surface area contributed by atoms with Gasteiger partial charge in [-0.3, -0.25) is 0 Å². The molecule has 0 heterocycles. The molecule has 0 unspecified atom stereocenters. The zero-order valence-electron chi connectivity index (χ0n) is 21.1. The van der Waals surface area contributed by atoms with Gasteiger partial charge in [-0.05, 0) is 34.7 Å². The van der Waals surface area contributed by atoms with Crippen molar-refractivity contribution in [1.29, 1.82) is 0 Å². The summed E-state index contributed by atoms with van der Waals surface area (Å²) in [4.78, 5) is 0. The van der Waals surface area contributed by atoms with Gasteiger partial charge >= 0.3 is 0 Å². The van der Waals surface area contributed by atoms with Crippen molar-refractivity contribution in [3.8, 4) is 0 Å². The van der Waals surface area contributed by atoms with Gasteiger partial charge in [0.2, 0.25) is 0 Å². The number of rotatable bonds is 15. The minimum atomic E-state index is -2.43. The van der Waals surface area contributed by atoms with Crippen molar-refractivity contribution in [3.05, 3.63) is 73.3 Å². The zero-order valence-corrected chi connectivity index (χ0v) is 23.6. The van der Waals surface area contributed by atoms with E-state index in [1.54, 1.807) is 6.08 Å². The third-order valence-electron chi connectivity index (χ3n) is 6.48. The lowest BCUT2D eigenvalue weighted by atomic mass is 10.0. The van der Waals surface area contributed by atoms with E-state index in [1.165, 1.54) is 10.4 Å². The first-order chi connectivity index (χ1) is 16.2. The molecule has 2 nitrogen and oxygen atoms in total. The molecule has 5 heteroatoms. The maximum absolute atomic E-state index is 9.98. The minimum Gasteiger partial charge on any atom is -0.407 e. The van der Waals surface area contributed by atoms with E-state index in [0.29, 0.717) is 6.42 Å². The Hall–Kier alpha value is -1.10. The SMILES string of the molecule is C=CC[C@@H](O)[C@@H](Cl)[C@H](Cl)CCCCCCCO[Si](c1ccccc1)(c1ccccc1)C(C)(C)C. The van der Waals surface area contributed by atoms with Gasteiger partial charge in [0.25, 0.3) is 8.32 Å². The molecule has 0 aliphatic rings. The van der Waals surface area contributed by atoms with Gasteiger partial charge < -0.3 is 9.53 Å². The molecule has 2 aromatic rings. The Labute approximate surface area is 218 Å². The van der Waals surface area contributed by atoms with E-state index >= 15 is 0 Å². The van der Waals surface area contributed by atoms with Gasteiger partial charge in [0.05, 0.1) is 16.9 Å². The first kappa shape index (κ1) is 29.1. The standard InChI is InChI=1S/C29H42Cl2O2Si/c1-5-17-27(32)28(31)26(30)22-15-7-6-8-16-23-33-34(29(2,3)4,24-18-11-9-12-19-24)25-20-13-10-14-21-25/h5,9-14,18-21,26-28,32H,1,6-8,15-17,22-23H2,2-4H3/t26-,27-,28+/m1/s1. The van der Waals surface area contributed by atoms with Crippen molar-refractivity contribution >= 4 is 41.9 Å². The van der Waals surface area contributed by atoms with Crippen molar-refractivity contribution in [2.24, 2.45) is 0 Å². The lowest BCUT2D eigenvalue weighted by Gasteiger charge is -2.43. The Morgan fingerprint density at radius 1 is 0.882 bits per heavy atom. The van der Waals surface area contributed by atoms with E-state index < -0.39 is 19.8 Å². The first-order valence-electron chi connectivity index (χ1n) is 12.6. The Bertz CT molecular complexity index is 784. The van der Waals surface area contributed by atoms with Crippen molar-refractivity contribution < 1.29 is 9.53 Å². The minimum absolute atomic E-state index is 0.0132. The summed E-state index contributed by atoms with van der Waals surface area (Å²) in [6.07, 6.45) is 7.82. The molecular formula is C29H42Cl2O2Si. The summed E-state index contributed by atoms with van der Waals surface area (Å²) in [7, 11) is -2.43. The molecule has 1 N–H and O–H groups in total. The lowest BCUT2D eigenvalue weighted by molar-refractivity contribution is 0.169. The summed E-state index contributed by atoms with van der Waals surface area (Å²) < 4.78 is 6.96. The summed E-state index contributed by atoms with van der Waals surface area (Å²) >= 11 is 12.7. The molecule has 2 aromatic carbocycles. The molecule has 34 heavy (non-hydrogen) atoms. The smallest absolute Gasteiger partial charge is 0.261 e. The topological polar surface area (TPSA) is 29.5 Å². The number of halogens is 2. The highest BCUT2D eigenvalue weighted by Crippen LogP contribution is 2.36. The molecule has 0 radical (unpaired) electrons. The highest BCUT2D eigenvalue weighted by Gasteiger charge is 2.49. The fraction of sp³-hybridized carbons (Fsp3) is 0.517. The van der Waals surface area contributed by atoms with Crippen LogP contribution >= 0.6 is 23.2 Å². The second-order valence-electron chi connectivity index (χ2n) is 10.1. The number of benzene rings is 2. The molecule has 188 valence electrons. The van der Waals surface area contributed by atoms with E-state index in [0.717, 1.165) is 45.1 Å². The quantitative estimate of drug-likeness (QED) is 0.118. The zero-order chi connectivity index (χ0) is 25.0. The monoisotopic (exact) mass is 520 g/mol. The number of hydrogen-bond acceptors (Lipinski definition) is 2. The van der Waals surface area contributed by atoms with Crippen LogP contribution in [-0.4, -0.2) is 36.9 Å². The summed E-state index contributed by atoms with van der Waals surface area (Å²) in [6, 6.07) is 21.6. The molecule has 0 fully saturated rings. The fourth-order valence-corrected chi connectivity index (χ4v) is 9.82. The summed E-state index contributed by atoms with van der Waals surface area (Å²) in [5.74, 6) is 0. The number of alkyl halides is 2. The Morgan fingerprint density at radius 3 is 1.88 bits per heavy atom. The van der Waals surface area contributed by atoms with Crippen LogP contribution in [0.25, 0.3) is 0 Å². The highest BCUT2D eigenvalue weighted by molar-refractivity contribution is 6.99. The maximum Gasteiger partial charge on any atom is 0.261 e. The fourth-order valence-electron chi connectivity index (χ4n) is 4.66. The molecule has 0 aliphatic heterocycles. The van der Waals surface area contributed by atoms with Crippen molar-refractivity contribution in [1.82, 2.24) is 0 Å². The van der Waals surface area contributed by atoms with Crippen LogP contribution in [0, 0.1) is 0 Å². The number of hydrogen-bond donors (Lipinski definition) is 1. The van der Waals surface area contributed by atoms with Gasteiger partial charge in [-0.1, -0.05) is 113 Å². The molecule has 0 bridgehead atoms. The van der Waals surface area contributed by atoms with Crippen LogP contribution in [-0.2, 0) is 4.43 Å². The van der Waals surface area contributed by atoms with Gasteiger partial charge in [0.1, 0.15) is 0 Å². The molecule has 0 spiro atoms. The maximum atomic E-state index is 9.98. The van der Waals surface area contributed by atoms with Crippen molar-refractivity contribution in [2.75, 3.05) is 6.61 Å². The third-order valence-corrected chi connectivity index (χ3v) is 12.7. The summed E-state index contributed by atoms with van der Waals surface area (Å²) in [5.41, 5.74) is 0. The largest absolute Gasteiger partial charge is 0.407 e. The van der Waals surface area contributed by atoms with Crippen molar-refractivity contribution in [2.45, 2.75) is 87.6 Å². The molecule has 2 rings (SSSR count). The summed E-state index contributed by atoms with van der Waals surface area (Å²) in [6.45, 7) is 11.4. The predicted octanol–water partition coefficient (Wildman–Crippen LogP) is 7.06. The van der Waals surface area contributed by atoms with Crippen LogP contribution in [0.2, 0.25) is 5.04 Å². The van der Waals surface area contributed by atoms with Crippen LogP contribution < -0.4 is 10.4 Å². The first-order valence-corrected chi connectivity index (χ1v) is 15.3. The predicted molar refractivity (Wildman–Crippen MR) is 151 cm³/mol. The lowest BCUT2D eigenvalue weighted by Crippen LogP contribution is -2.66. The van der Waals surface area contributed by atoms with E-state index in [1.807, 2.05) is 0 Å². The number of unbranched alkanes of at least 4 members (excludes halogenated alkanes) is 4. The van der Waals surface area contributed by atoms with Crippen LogP contribution in [0.5, 0.6) is 0 Å². The second kappa shape index (κ2) is 14.5. The van der Waals surface area contributed by atoms with Gasteiger partial charge in [-0.15, -0.1) is 29.8 Å². The molecule has 0 aromatic heterocycles. The van der Waals surface area contributed by atoms with E-state index in [4.69, 9.17) is 27.6 Å². The van der Waals surface area contributed by atoms with Gasteiger partial charge in [-0.25, -0.2) is 0 Å². The number of aliphatic hydroxyl groups is 1. The third kappa shape index (κ3) is 7.96. The van der Waals surface area contributed by atoms with Crippen LogP contribution in [0.15, 0.2) is 73.3 Å². The Kier molecular flexibility index (Phi) is 12.4. The molecular weight excluding hydrogens is 479 g/mol. The van der Waals surface area contributed by atoms with Gasteiger partial charge in [0, 0.05) is 6.61 Å². The molecule has 0 saturated heterocycles. The average molecular weight is 522 g/mol. The van der Waals surface area contributed by atoms with Crippen LogP contribution in [0.3, 0.4) is 0 Å². The molecule has 0 aliphatic carbocycles. The van der Waals surface area contributed by atoms with Gasteiger partial charge in [-0.2, -0.15) is 0 Å². The Balaban J connectivity index is 1.89. The van der Waals surface area contributed by atoms with Gasteiger partial charge in [0.15, 0.2) is 0 Å². The second-order valence-corrected chi connectivity index (χ2v) is 15.5.